The Balaban J connectivity index is 2.33. The number of ether oxygens (including phenoxy) is 2. The van der Waals surface area contributed by atoms with Gasteiger partial charge in [-0.15, -0.1) is 0 Å². The van der Waals surface area contributed by atoms with Gasteiger partial charge < -0.3 is 9.47 Å². The Morgan fingerprint density at radius 1 is 1.71 bits per heavy atom. The van der Waals surface area contributed by atoms with Gasteiger partial charge >= 0.3 is 11.9 Å². The van der Waals surface area contributed by atoms with Crippen LogP contribution in [0.4, 0.5) is 0 Å². The molecule has 0 N–H and O–H groups in total. The van der Waals surface area contributed by atoms with Crippen molar-refractivity contribution in [2.24, 2.45) is 11.3 Å². The summed E-state index contributed by atoms with van der Waals surface area (Å²) in [6, 6.07) is 0. The van der Waals surface area contributed by atoms with Crippen molar-refractivity contribution in [3.63, 3.8) is 0 Å². The van der Waals surface area contributed by atoms with Crippen molar-refractivity contribution in [1.29, 1.82) is 0 Å². The fraction of sp³-hybridized carbons (Fsp3) is 0.600. The minimum Gasteiger partial charge on any atom is -0.468 e. The maximum absolute atomic E-state index is 11.5. The third-order valence-corrected chi connectivity index (χ3v) is 2.93. The Bertz CT molecular complexity index is 320. The van der Waals surface area contributed by atoms with E-state index in [0.717, 1.165) is 0 Å². The van der Waals surface area contributed by atoms with Crippen LogP contribution in [0.5, 0.6) is 0 Å². The zero-order chi connectivity index (χ0) is 10.3. The van der Waals surface area contributed by atoms with Gasteiger partial charge in [-0.3, -0.25) is 9.59 Å². The van der Waals surface area contributed by atoms with Gasteiger partial charge in [-0.2, -0.15) is 0 Å². The van der Waals surface area contributed by atoms with E-state index in [1.54, 1.807) is 0 Å². The monoisotopic (exact) mass is 196 g/mol. The quantitative estimate of drug-likeness (QED) is 0.351. The van der Waals surface area contributed by atoms with Gasteiger partial charge in [0.1, 0.15) is 6.10 Å². The minimum atomic E-state index is -0.803. The molecule has 3 atom stereocenters. The molecule has 0 radical (unpaired) electrons. The summed E-state index contributed by atoms with van der Waals surface area (Å²) in [7, 11) is 1.28. The Kier molecular flexibility index (Phi) is 1.87. The average molecular weight is 196 g/mol. The van der Waals surface area contributed by atoms with Gasteiger partial charge in [0.05, 0.1) is 7.11 Å². The van der Waals surface area contributed by atoms with E-state index in [-0.39, 0.29) is 6.10 Å². The van der Waals surface area contributed by atoms with E-state index >= 15 is 0 Å². The van der Waals surface area contributed by atoms with Crippen LogP contribution in [0.3, 0.4) is 0 Å². The van der Waals surface area contributed by atoms with Crippen LogP contribution in [0, 0.1) is 11.3 Å². The molecule has 0 aromatic rings. The predicted molar refractivity (Wildman–Crippen MR) is 47.3 cm³/mol. The molecule has 1 saturated heterocycles. The average Bonchev–Trinajstić information content (AvgIpc) is 2.42. The summed E-state index contributed by atoms with van der Waals surface area (Å²) in [5.41, 5.74) is -0.424. The van der Waals surface area contributed by atoms with Crippen LogP contribution in [0.2, 0.25) is 0 Å². The lowest BCUT2D eigenvalue weighted by atomic mass is 9.75. The number of hydrogen-bond donors (Lipinski definition) is 0. The van der Waals surface area contributed by atoms with Gasteiger partial charge in [-0.25, -0.2) is 0 Å². The molecule has 2 bridgehead atoms. The van der Waals surface area contributed by atoms with Crippen molar-refractivity contribution in [2.45, 2.75) is 19.4 Å². The van der Waals surface area contributed by atoms with Crippen molar-refractivity contribution < 1.29 is 19.1 Å². The molecule has 0 amide bonds. The highest BCUT2D eigenvalue weighted by atomic mass is 16.6. The SMILES string of the molecule is COC(=O)C1C(=O)O[C@H]2C=C[C@]1(C)C2. The molecule has 1 aliphatic heterocycles. The van der Waals surface area contributed by atoms with Crippen LogP contribution >= 0.6 is 0 Å². The molecule has 76 valence electrons. The molecular weight excluding hydrogens is 184 g/mol. The maximum Gasteiger partial charge on any atom is 0.321 e. The van der Waals surface area contributed by atoms with Crippen LogP contribution in [0.25, 0.3) is 0 Å². The Hall–Kier alpha value is -1.32. The maximum atomic E-state index is 11.5. The van der Waals surface area contributed by atoms with E-state index in [1.165, 1.54) is 7.11 Å². The summed E-state index contributed by atoms with van der Waals surface area (Å²) in [5.74, 6) is -1.79. The molecule has 0 saturated carbocycles. The number of hydrogen-bond acceptors (Lipinski definition) is 4. The number of rotatable bonds is 1. The molecule has 1 aliphatic carbocycles. The summed E-state index contributed by atoms with van der Waals surface area (Å²) in [5, 5.41) is 0. The van der Waals surface area contributed by atoms with Crippen molar-refractivity contribution in [3.8, 4) is 0 Å². The first-order valence-electron chi connectivity index (χ1n) is 4.54. The van der Waals surface area contributed by atoms with Gasteiger partial charge in [-0.05, 0) is 12.5 Å². The van der Waals surface area contributed by atoms with Crippen molar-refractivity contribution in [3.05, 3.63) is 12.2 Å². The normalized spacial score (nSPS) is 39.4. The lowest BCUT2D eigenvalue weighted by Crippen LogP contribution is -2.44. The highest BCUT2D eigenvalue weighted by Gasteiger charge is 2.52. The molecule has 2 aliphatic rings. The Morgan fingerprint density at radius 3 is 3.07 bits per heavy atom. The summed E-state index contributed by atoms with van der Waals surface area (Å²) < 4.78 is 9.65. The van der Waals surface area contributed by atoms with E-state index in [1.807, 2.05) is 19.1 Å². The van der Waals surface area contributed by atoms with Crippen LogP contribution in [0.1, 0.15) is 13.3 Å². The van der Waals surface area contributed by atoms with Crippen LogP contribution in [-0.2, 0) is 19.1 Å². The first kappa shape index (κ1) is 9.24. The second-order valence-corrected chi connectivity index (χ2v) is 4.00. The van der Waals surface area contributed by atoms with E-state index in [9.17, 15) is 9.59 Å². The molecule has 2 rings (SSSR count). The van der Waals surface area contributed by atoms with Gasteiger partial charge in [0.2, 0.25) is 0 Å². The standard InChI is InChI=1S/C10H12O4/c1-10-4-3-6(5-10)14-9(12)7(10)8(11)13-2/h3-4,6-7H,5H2,1-2H3/t6-,7?,10+/m0/s1. The summed E-state index contributed by atoms with van der Waals surface area (Å²) in [4.78, 5) is 22.9. The highest BCUT2D eigenvalue weighted by molar-refractivity contribution is 5.97. The zero-order valence-electron chi connectivity index (χ0n) is 8.15. The minimum absolute atomic E-state index is 0.159. The number of allylic oxidation sites excluding steroid dienone is 1. The third-order valence-electron chi connectivity index (χ3n) is 2.93. The number of carbonyl (C=O) groups excluding carboxylic acids is 2. The second-order valence-electron chi connectivity index (χ2n) is 4.00. The van der Waals surface area contributed by atoms with Gasteiger partial charge in [-0.1, -0.05) is 13.0 Å². The van der Waals surface area contributed by atoms with Crippen LogP contribution in [-0.4, -0.2) is 25.2 Å². The Morgan fingerprint density at radius 2 is 2.43 bits per heavy atom. The number of esters is 2. The molecule has 1 heterocycles. The van der Waals surface area contributed by atoms with Gasteiger partial charge in [0, 0.05) is 5.41 Å². The fourth-order valence-corrected chi connectivity index (χ4v) is 2.16. The lowest BCUT2D eigenvalue weighted by Gasteiger charge is -2.34. The van der Waals surface area contributed by atoms with E-state index < -0.39 is 23.3 Å². The summed E-state index contributed by atoms with van der Waals surface area (Å²) in [6.07, 6.45) is 4.23. The van der Waals surface area contributed by atoms with Crippen molar-refractivity contribution in [2.75, 3.05) is 7.11 Å². The predicted octanol–water partition coefficient (Wildman–Crippen LogP) is 0.667. The topological polar surface area (TPSA) is 52.6 Å². The van der Waals surface area contributed by atoms with E-state index in [0.29, 0.717) is 6.42 Å². The third kappa shape index (κ3) is 1.14. The highest BCUT2D eigenvalue weighted by Crippen LogP contribution is 2.45. The van der Waals surface area contributed by atoms with Gasteiger partial charge in [0.25, 0.3) is 0 Å². The number of methoxy groups -OCH3 is 1. The Labute approximate surface area is 81.9 Å². The van der Waals surface area contributed by atoms with Crippen molar-refractivity contribution in [1.82, 2.24) is 0 Å². The largest absolute Gasteiger partial charge is 0.468 e. The molecule has 14 heavy (non-hydrogen) atoms. The first-order chi connectivity index (χ1) is 6.57. The fourth-order valence-electron chi connectivity index (χ4n) is 2.16. The zero-order valence-corrected chi connectivity index (χ0v) is 8.15. The van der Waals surface area contributed by atoms with Crippen LogP contribution < -0.4 is 0 Å². The molecule has 0 spiro atoms. The molecule has 0 aromatic heterocycles. The van der Waals surface area contributed by atoms with Crippen LogP contribution in [0.15, 0.2) is 12.2 Å². The molecule has 0 aromatic carbocycles. The van der Waals surface area contributed by atoms with Gasteiger partial charge in [0.15, 0.2) is 5.92 Å². The smallest absolute Gasteiger partial charge is 0.321 e. The van der Waals surface area contributed by atoms with Crippen molar-refractivity contribution >= 4 is 11.9 Å². The first-order valence-corrected chi connectivity index (χ1v) is 4.54. The summed E-state index contributed by atoms with van der Waals surface area (Å²) in [6.45, 7) is 1.88. The molecule has 1 fully saturated rings. The molecular formula is C10H12O4. The lowest BCUT2D eigenvalue weighted by molar-refractivity contribution is -0.174. The number of carbonyl (C=O) groups is 2. The molecule has 4 nitrogen and oxygen atoms in total. The number of fused-ring (bicyclic) bond motifs is 2. The second kappa shape index (κ2) is 2.83. The molecule has 4 heteroatoms. The molecule has 1 unspecified atom stereocenters. The van der Waals surface area contributed by atoms with E-state index in [4.69, 9.17) is 4.74 Å². The summed E-state index contributed by atoms with van der Waals surface area (Å²) >= 11 is 0. The van der Waals surface area contributed by atoms with E-state index in [2.05, 4.69) is 4.74 Å².